The van der Waals surface area contributed by atoms with Gasteiger partial charge in [-0.3, -0.25) is 4.79 Å². The third kappa shape index (κ3) is 5.27. The maximum Gasteiger partial charge on any atom is 0.573 e. The van der Waals surface area contributed by atoms with Crippen molar-refractivity contribution in [1.29, 1.82) is 0 Å². The van der Waals surface area contributed by atoms with Crippen LogP contribution in [-0.4, -0.2) is 73.3 Å². The minimum absolute atomic E-state index is 0.105. The van der Waals surface area contributed by atoms with Crippen molar-refractivity contribution in [2.45, 2.75) is 24.8 Å². The molecule has 192 valence electrons. The molecule has 1 spiro atoms. The minimum atomic E-state index is -4.78. The number of benzene rings is 2. The van der Waals surface area contributed by atoms with E-state index in [9.17, 15) is 22.8 Å². The molecule has 2 fully saturated rings. The van der Waals surface area contributed by atoms with Crippen molar-refractivity contribution in [1.82, 2.24) is 9.80 Å². The highest BCUT2D eigenvalue weighted by molar-refractivity contribution is 5.95. The predicted octanol–water partition coefficient (Wildman–Crippen LogP) is 3.85. The van der Waals surface area contributed by atoms with Crippen LogP contribution >= 0.6 is 0 Å². The van der Waals surface area contributed by atoms with Gasteiger partial charge in [0.1, 0.15) is 5.75 Å². The number of morpholine rings is 1. The van der Waals surface area contributed by atoms with Crippen molar-refractivity contribution in [2.24, 2.45) is 0 Å². The number of piperidine rings is 1. The predicted molar refractivity (Wildman–Crippen MR) is 120 cm³/mol. The van der Waals surface area contributed by atoms with E-state index in [0.29, 0.717) is 68.4 Å². The number of carbonyl (C=O) groups is 2. The number of nitrogens with zero attached hydrogens (tertiary/aromatic N) is 2. The van der Waals surface area contributed by atoms with E-state index in [4.69, 9.17) is 14.2 Å². The molecule has 0 saturated carbocycles. The molecule has 12 heteroatoms. The van der Waals surface area contributed by atoms with Crippen LogP contribution in [-0.2, 0) is 4.74 Å². The van der Waals surface area contributed by atoms with Gasteiger partial charge >= 0.3 is 12.4 Å². The highest BCUT2D eigenvalue weighted by Crippen LogP contribution is 2.35. The Kier molecular flexibility index (Phi) is 6.29. The van der Waals surface area contributed by atoms with Gasteiger partial charge < -0.3 is 34.1 Å². The average Bonchev–Trinajstić information content (AvgIpc) is 3.32. The second-order valence-corrected chi connectivity index (χ2v) is 8.82. The molecule has 9 nitrogen and oxygen atoms in total. The number of carbonyl (C=O) groups excluding carboxylic acids is 2. The van der Waals surface area contributed by atoms with Crippen molar-refractivity contribution in [3.63, 3.8) is 0 Å². The quantitative estimate of drug-likeness (QED) is 0.679. The summed E-state index contributed by atoms with van der Waals surface area (Å²) in [6.07, 6.45) is -3.65. The summed E-state index contributed by atoms with van der Waals surface area (Å²) in [5.41, 5.74) is 0.303. The summed E-state index contributed by atoms with van der Waals surface area (Å²) in [5, 5.41) is 2.70. The summed E-state index contributed by atoms with van der Waals surface area (Å²) in [7, 11) is 0. The normalized spacial score (nSPS) is 18.8. The Bertz CT molecular complexity index is 1130. The van der Waals surface area contributed by atoms with Gasteiger partial charge in [0.15, 0.2) is 11.5 Å². The molecule has 36 heavy (non-hydrogen) atoms. The van der Waals surface area contributed by atoms with Crippen LogP contribution in [0.25, 0.3) is 0 Å². The molecule has 2 aromatic carbocycles. The Hall–Kier alpha value is -3.67. The van der Waals surface area contributed by atoms with E-state index >= 15 is 0 Å². The highest BCUT2D eigenvalue weighted by atomic mass is 19.4. The summed E-state index contributed by atoms with van der Waals surface area (Å²) in [4.78, 5) is 29.2. The number of fused-ring (bicyclic) bond motifs is 1. The Morgan fingerprint density at radius 1 is 0.944 bits per heavy atom. The fraction of sp³-hybridized carbons (Fsp3) is 0.417. The first-order valence-corrected chi connectivity index (χ1v) is 11.4. The first kappa shape index (κ1) is 24.0. The van der Waals surface area contributed by atoms with Crippen LogP contribution in [0.5, 0.6) is 17.2 Å². The summed E-state index contributed by atoms with van der Waals surface area (Å²) in [6, 6.07) is 9.70. The number of hydrogen-bond acceptors (Lipinski definition) is 6. The number of hydrogen-bond donors (Lipinski definition) is 1. The zero-order valence-electron chi connectivity index (χ0n) is 19.2. The lowest BCUT2D eigenvalue weighted by Crippen LogP contribution is -2.59. The van der Waals surface area contributed by atoms with Crippen LogP contribution in [0, 0.1) is 0 Å². The Balaban J connectivity index is 1.16. The summed E-state index contributed by atoms with van der Waals surface area (Å²) in [5.74, 6) is 0.692. The van der Waals surface area contributed by atoms with Gasteiger partial charge in [0.25, 0.3) is 5.91 Å². The molecular formula is C24H24F3N3O6. The maximum atomic E-state index is 13.0. The Morgan fingerprint density at radius 2 is 1.67 bits per heavy atom. The van der Waals surface area contributed by atoms with E-state index in [1.54, 1.807) is 28.0 Å². The smallest absolute Gasteiger partial charge is 0.454 e. The molecule has 3 aliphatic heterocycles. The molecule has 0 radical (unpaired) electrons. The van der Waals surface area contributed by atoms with Crippen molar-refractivity contribution in [2.75, 3.05) is 44.9 Å². The number of amides is 3. The van der Waals surface area contributed by atoms with Gasteiger partial charge in [-0.2, -0.15) is 0 Å². The van der Waals surface area contributed by atoms with E-state index in [2.05, 4.69) is 10.1 Å². The number of halogens is 3. The van der Waals surface area contributed by atoms with Gasteiger partial charge in [-0.05, 0) is 55.3 Å². The highest BCUT2D eigenvalue weighted by Gasteiger charge is 2.42. The van der Waals surface area contributed by atoms with Gasteiger partial charge in [0, 0.05) is 30.9 Å². The van der Waals surface area contributed by atoms with E-state index < -0.39 is 12.0 Å². The maximum absolute atomic E-state index is 13.0. The zero-order valence-corrected chi connectivity index (χ0v) is 19.2. The molecule has 3 amide bonds. The lowest BCUT2D eigenvalue weighted by molar-refractivity contribution is -0.274. The third-order valence-corrected chi connectivity index (χ3v) is 6.46. The third-order valence-electron chi connectivity index (χ3n) is 6.46. The van der Waals surface area contributed by atoms with E-state index in [0.717, 1.165) is 12.1 Å². The first-order chi connectivity index (χ1) is 17.2. The van der Waals surface area contributed by atoms with E-state index in [1.165, 1.54) is 12.1 Å². The standard InChI is InChI=1S/C24H24F3N3O6/c25-24(26,27)36-18-4-2-17(3-5-18)28-22(32)30-11-12-35-23(14-30)7-9-29(10-8-23)21(31)16-1-6-19-20(13-16)34-15-33-19/h1-6,13H,7-12,14-15H2,(H,28,32). The van der Waals surface area contributed by atoms with Gasteiger partial charge in [0.2, 0.25) is 6.79 Å². The number of rotatable bonds is 3. The molecule has 2 saturated heterocycles. The second kappa shape index (κ2) is 9.41. The van der Waals surface area contributed by atoms with Crippen LogP contribution in [0.4, 0.5) is 23.7 Å². The molecule has 3 heterocycles. The number of urea groups is 1. The topological polar surface area (TPSA) is 89.6 Å². The van der Waals surface area contributed by atoms with Crippen LogP contribution in [0.1, 0.15) is 23.2 Å². The van der Waals surface area contributed by atoms with Gasteiger partial charge in [-0.15, -0.1) is 13.2 Å². The molecule has 0 atom stereocenters. The van der Waals surface area contributed by atoms with Crippen molar-refractivity contribution in [3.05, 3.63) is 48.0 Å². The number of anilines is 1. The molecule has 0 unspecified atom stereocenters. The zero-order chi connectivity index (χ0) is 25.3. The minimum Gasteiger partial charge on any atom is -0.454 e. The van der Waals surface area contributed by atoms with E-state index in [1.807, 2.05) is 0 Å². The fourth-order valence-electron chi connectivity index (χ4n) is 4.59. The molecule has 5 rings (SSSR count). The summed E-state index contributed by atoms with van der Waals surface area (Å²) < 4.78 is 57.6. The largest absolute Gasteiger partial charge is 0.573 e. The Labute approximate surface area is 204 Å². The molecule has 2 aromatic rings. The average molecular weight is 507 g/mol. The fourth-order valence-corrected chi connectivity index (χ4v) is 4.59. The van der Waals surface area contributed by atoms with Crippen molar-refractivity contribution >= 4 is 17.6 Å². The molecule has 3 aliphatic rings. The first-order valence-electron chi connectivity index (χ1n) is 11.4. The number of likely N-dealkylation sites (tertiary alicyclic amines) is 1. The number of alkyl halides is 3. The lowest BCUT2D eigenvalue weighted by atomic mass is 9.89. The summed E-state index contributed by atoms with van der Waals surface area (Å²) >= 11 is 0. The molecule has 0 aromatic heterocycles. The van der Waals surface area contributed by atoms with Crippen molar-refractivity contribution < 1.29 is 41.7 Å². The second-order valence-electron chi connectivity index (χ2n) is 8.82. The molecule has 0 aliphatic carbocycles. The van der Waals surface area contributed by atoms with Crippen molar-refractivity contribution in [3.8, 4) is 17.2 Å². The van der Waals surface area contributed by atoms with E-state index in [-0.39, 0.29) is 24.5 Å². The molecule has 0 bridgehead atoms. The van der Waals surface area contributed by atoms with Crippen LogP contribution in [0.2, 0.25) is 0 Å². The van der Waals surface area contributed by atoms with Gasteiger partial charge in [-0.25, -0.2) is 4.79 Å². The SMILES string of the molecule is O=C(Nc1ccc(OC(F)(F)F)cc1)N1CCOC2(CCN(C(=O)c3ccc4c(c3)OCO4)CC2)C1. The summed E-state index contributed by atoms with van der Waals surface area (Å²) in [6.45, 7) is 2.16. The molecule has 1 N–H and O–H groups in total. The Morgan fingerprint density at radius 3 is 2.39 bits per heavy atom. The van der Waals surface area contributed by atoms with Gasteiger partial charge in [-0.1, -0.05) is 0 Å². The molecular weight excluding hydrogens is 483 g/mol. The monoisotopic (exact) mass is 507 g/mol. The number of nitrogens with one attached hydrogen (secondary N) is 1. The van der Waals surface area contributed by atoms with Crippen LogP contribution in [0.15, 0.2) is 42.5 Å². The van der Waals surface area contributed by atoms with Gasteiger partial charge in [0.05, 0.1) is 18.8 Å². The number of ether oxygens (including phenoxy) is 4. The van der Waals surface area contributed by atoms with Crippen LogP contribution in [0.3, 0.4) is 0 Å². The lowest BCUT2D eigenvalue weighted by Gasteiger charge is -2.47. The van der Waals surface area contributed by atoms with Crippen LogP contribution < -0.4 is 19.5 Å².